The third-order valence-corrected chi connectivity index (χ3v) is 6.12. The second-order valence-electron chi connectivity index (χ2n) is 4.73. The Labute approximate surface area is 117 Å². The molecule has 0 aliphatic carbocycles. The van der Waals surface area contributed by atoms with Crippen LogP contribution < -0.4 is 0 Å². The Morgan fingerprint density at radius 1 is 1.44 bits per heavy atom. The molecule has 0 radical (unpaired) electrons. The molecule has 1 saturated heterocycles. The molecule has 1 aromatic carbocycles. The standard InChI is InChI=1S/C13H18BrNO2S/c1-3-12-5-4-8-15(12)18(16,17)13-9-11(14)7-6-10(13)2/h6-7,9,12H,3-5,8H2,1-2H3. The number of sulfonamides is 1. The van der Waals surface area contributed by atoms with E-state index in [9.17, 15) is 8.42 Å². The Kier molecular flexibility index (Phi) is 4.14. The first-order valence-electron chi connectivity index (χ1n) is 6.25. The summed E-state index contributed by atoms with van der Waals surface area (Å²) in [6.45, 7) is 4.54. The average Bonchev–Trinajstić information content (AvgIpc) is 2.81. The summed E-state index contributed by atoms with van der Waals surface area (Å²) in [4.78, 5) is 0.428. The maximum Gasteiger partial charge on any atom is 0.243 e. The van der Waals surface area contributed by atoms with Crippen LogP contribution in [-0.4, -0.2) is 25.3 Å². The van der Waals surface area contributed by atoms with Crippen molar-refractivity contribution in [2.24, 2.45) is 0 Å². The van der Waals surface area contributed by atoms with Crippen LogP contribution >= 0.6 is 15.9 Å². The van der Waals surface area contributed by atoms with Gasteiger partial charge in [-0.05, 0) is 43.9 Å². The van der Waals surface area contributed by atoms with E-state index >= 15 is 0 Å². The van der Waals surface area contributed by atoms with Crippen LogP contribution in [0.1, 0.15) is 31.7 Å². The SMILES string of the molecule is CCC1CCCN1S(=O)(=O)c1cc(Br)ccc1C. The van der Waals surface area contributed by atoms with Crippen molar-refractivity contribution in [2.75, 3.05) is 6.54 Å². The van der Waals surface area contributed by atoms with Crippen LogP contribution in [0.5, 0.6) is 0 Å². The fourth-order valence-corrected chi connectivity index (χ4v) is 5.04. The van der Waals surface area contributed by atoms with Crippen molar-refractivity contribution in [3.63, 3.8) is 0 Å². The van der Waals surface area contributed by atoms with Crippen molar-refractivity contribution in [3.8, 4) is 0 Å². The fraction of sp³-hybridized carbons (Fsp3) is 0.538. The van der Waals surface area contributed by atoms with Gasteiger partial charge in [-0.3, -0.25) is 0 Å². The minimum absolute atomic E-state index is 0.161. The molecule has 0 saturated carbocycles. The van der Waals surface area contributed by atoms with Gasteiger partial charge in [-0.25, -0.2) is 8.42 Å². The lowest BCUT2D eigenvalue weighted by atomic mass is 10.2. The smallest absolute Gasteiger partial charge is 0.207 e. The summed E-state index contributed by atoms with van der Waals surface area (Å²) in [5.41, 5.74) is 0.806. The van der Waals surface area contributed by atoms with E-state index < -0.39 is 10.0 Å². The van der Waals surface area contributed by atoms with Gasteiger partial charge in [0.1, 0.15) is 0 Å². The number of hydrogen-bond donors (Lipinski definition) is 0. The van der Waals surface area contributed by atoms with Gasteiger partial charge in [-0.2, -0.15) is 4.31 Å². The molecule has 0 spiro atoms. The van der Waals surface area contributed by atoms with Gasteiger partial charge >= 0.3 is 0 Å². The molecular weight excluding hydrogens is 314 g/mol. The summed E-state index contributed by atoms with van der Waals surface area (Å²) < 4.78 is 27.8. The predicted octanol–water partition coefficient (Wildman–Crippen LogP) is 3.32. The molecule has 18 heavy (non-hydrogen) atoms. The lowest BCUT2D eigenvalue weighted by molar-refractivity contribution is 0.379. The topological polar surface area (TPSA) is 37.4 Å². The molecule has 1 aliphatic rings. The highest BCUT2D eigenvalue weighted by Crippen LogP contribution is 2.30. The van der Waals surface area contributed by atoms with E-state index in [-0.39, 0.29) is 6.04 Å². The van der Waals surface area contributed by atoms with Crippen molar-refractivity contribution in [2.45, 2.75) is 44.0 Å². The molecule has 0 bridgehead atoms. The number of benzene rings is 1. The largest absolute Gasteiger partial charge is 0.243 e. The predicted molar refractivity (Wildman–Crippen MR) is 76.1 cm³/mol. The molecule has 0 aromatic heterocycles. The van der Waals surface area contributed by atoms with Crippen LogP contribution in [0.25, 0.3) is 0 Å². The van der Waals surface area contributed by atoms with Gasteiger partial charge in [-0.1, -0.05) is 28.9 Å². The quantitative estimate of drug-likeness (QED) is 0.851. The molecule has 3 nitrogen and oxygen atoms in total. The molecule has 2 rings (SSSR count). The van der Waals surface area contributed by atoms with E-state index in [0.29, 0.717) is 11.4 Å². The van der Waals surface area contributed by atoms with Crippen molar-refractivity contribution in [1.29, 1.82) is 0 Å². The molecule has 1 unspecified atom stereocenters. The molecule has 0 N–H and O–H groups in total. The van der Waals surface area contributed by atoms with E-state index in [2.05, 4.69) is 15.9 Å². The minimum Gasteiger partial charge on any atom is -0.207 e. The van der Waals surface area contributed by atoms with Crippen molar-refractivity contribution in [3.05, 3.63) is 28.2 Å². The average molecular weight is 332 g/mol. The van der Waals surface area contributed by atoms with E-state index in [1.165, 1.54) is 0 Å². The molecule has 1 heterocycles. The summed E-state index contributed by atoms with van der Waals surface area (Å²) in [7, 11) is -3.35. The van der Waals surface area contributed by atoms with E-state index in [1.807, 2.05) is 26.0 Å². The van der Waals surface area contributed by atoms with Crippen molar-refractivity contribution in [1.82, 2.24) is 4.31 Å². The van der Waals surface area contributed by atoms with Gasteiger partial charge in [0.25, 0.3) is 0 Å². The highest BCUT2D eigenvalue weighted by atomic mass is 79.9. The van der Waals surface area contributed by atoms with E-state index in [1.54, 1.807) is 10.4 Å². The van der Waals surface area contributed by atoms with Crippen LogP contribution in [-0.2, 0) is 10.0 Å². The Bertz CT molecular complexity index is 542. The summed E-state index contributed by atoms with van der Waals surface area (Å²) in [5, 5.41) is 0. The van der Waals surface area contributed by atoms with E-state index in [4.69, 9.17) is 0 Å². The second kappa shape index (κ2) is 5.31. The molecule has 0 amide bonds. The summed E-state index contributed by atoms with van der Waals surface area (Å²) in [5.74, 6) is 0. The van der Waals surface area contributed by atoms with Crippen LogP contribution in [0.2, 0.25) is 0 Å². The molecule has 1 aromatic rings. The summed E-state index contributed by atoms with van der Waals surface area (Å²) >= 11 is 3.35. The number of aryl methyl sites for hydroxylation is 1. The highest BCUT2D eigenvalue weighted by Gasteiger charge is 2.34. The summed E-state index contributed by atoms with van der Waals surface area (Å²) in [6, 6.07) is 5.58. The molecule has 1 fully saturated rings. The third-order valence-electron chi connectivity index (χ3n) is 3.53. The third kappa shape index (κ3) is 2.49. The maximum absolute atomic E-state index is 12.7. The molecule has 1 aliphatic heterocycles. The van der Waals surface area contributed by atoms with Crippen LogP contribution in [0, 0.1) is 6.92 Å². The van der Waals surface area contributed by atoms with Gasteiger partial charge in [0.05, 0.1) is 4.90 Å². The summed E-state index contributed by atoms with van der Waals surface area (Å²) in [6.07, 6.45) is 2.82. The number of nitrogens with zero attached hydrogens (tertiary/aromatic N) is 1. The monoisotopic (exact) mass is 331 g/mol. The second-order valence-corrected chi connectivity index (χ2v) is 7.50. The Morgan fingerprint density at radius 3 is 2.83 bits per heavy atom. The van der Waals surface area contributed by atoms with Gasteiger partial charge in [0.15, 0.2) is 0 Å². The molecule has 1 atom stereocenters. The van der Waals surface area contributed by atoms with Gasteiger partial charge < -0.3 is 0 Å². The zero-order valence-corrected chi connectivity index (χ0v) is 13.1. The lowest BCUT2D eigenvalue weighted by Crippen LogP contribution is -2.35. The number of hydrogen-bond acceptors (Lipinski definition) is 2. The van der Waals surface area contributed by atoms with Gasteiger partial charge in [-0.15, -0.1) is 0 Å². The zero-order chi connectivity index (χ0) is 13.3. The first kappa shape index (κ1) is 14.0. The lowest BCUT2D eigenvalue weighted by Gasteiger charge is -2.24. The number of halogens is 1. The maximum atomic E-state index is 12.7. The van der Waals surface area contributed by atoms with E-state index in [0.717, 1.165) is 29.3 Å². The molecular formula is C13H18BrNO2S. The zero-order valence-electron chi connectivity index (χ0n) is 10.7. The Balaban J connectivity index is 2.45. The Hall–Kier alpha value is -0.390. The highest BCUT2D eigenvalue weighted by molar-refractivity contribution is 9.10. The first-order valence-corrected chi connectivity index (χ1v) is 8.48. The number of rotatable bonds is 3. The first-order chi connectivity index (χ1) is 8.46. The van der Waals surface area contributed by atoms with Crippen molar-refractivity contribution >= 4 is 26.0 Å². The van der Waals surface area contributed by atoms with Crippen molar-refractivity contribution < 1.29 is 8.42 Å². The van der Waals surface area contributed by atoms with Crippen LogP contribution in [0.15, 0.2) is 27.6 Å². The van der Waals surface area contributed by atoms with Gasteiger partial charge in [0.2, 0.25) is 10.0 Å². The minimum atomic E-state index is -3.35. The van der Waals surface area contributed by atoms with Gasteiger partial charge in [0, 0.05) is 17.1 Å². The van der Waals surface area contributed by atoms with Crippen LogP contribution in [0.3, 0.4) is 0 Å². The molecule has 100 valence electrons. The molecule has 5 heteroatoms. The Morgan fingerprint density at radius 2 is 2.17 bits per heavy atom. The normalized spacial score (nSPS) is 21.4. The fourth-order valence-electron chi connectivity index (χ4n) is 2.51. The van der Waals surface area contributed by atoms with Crippen LogP contribution in [0.4, 0.5) is 0 Å².